The number of anilines is 1. The lowest BCUT2D eigenvalue weighted by Gasteiger charge is -2.16. The maximum atomic E-state index is 11.1. The molecule has 1 unspecified atom stereocenters. The van der Waals surface area contributed by atoms with Gasteiger partial charge in [0.25, 0.3) is 5.69 Å². The first-order valence-corrected chi connectivity index (χ1v) is 6.24. The standard InChI is InChI=1S/C14H13N3O4/c18-16(19)10-13(15-11-6-2-1-3-7-11)12-8-4-5-9-14(12)17(20)21/h1-9,13,15H,10H2. The first kappa shape index (κ1) is 14.4. The maximum Gasteiger partial charge on any atom is 0.274 e. The van der Waals surface area contributed by atoms with E-state index >= 15 is 0 Å². The molecule has 2 rings (SSSR count). The molecule has 1 N–H and O–H groups in total. The Morgan fingerprint density at radius 1 is 0.952 bits per heavy atom. The number of nitrogens with one attached hydrogen (secondary N) is 1. The molecule has 0 saturated heterocycles. The lowest BCUT2D eigenvalue weighted by molar-refractivity contribution is -0.482. The Hall–Kier alpha value is -2.96. The van der Waals surface area contributed by atoms with Crippen LogP contribution in [0.4, 0.5) is 11.4 Å². The van der Waals surface area contributed by atoms with Crippen molar-refractivity contribution in [2.24, 2.45) is 0 Å². The predicted octanol–water partition coefficient (Wildman–Crippen LogP) is 3.02. The largest absolute Gasteiger partial charge is 0.372 e. The first-order valence-electron chi connectivity index (χ1n) is 6.24. The van der Waals surface area contributed by atoms with Crippen LogP contribution in [0, 0.1) is 20.2 Å². The Labute approximate surface area is 120 Å². The second-order valence-corrected chi connectivity index (χ2v) is 4.39. The van der Waals surface area contributed by atoms with Gasteiger partial charge in [0.2, 0.25) is 6.54 Å². The molecule has 2 aromatic rings. The van der Waals surface area contributed by atoms with Crippen molar-refractivity contribution in [2.75, 3.05) is 11.9 Å². The number of hydrogen-bond acceptors (Lipinski definition) is 5. The molecule has 1 atom stereocenters. The molecular weight excluding hydrogens is 274 g/mol. The minimum absolute atomic E-state index is 0.132. The van der Waals surface area contributed by atoms with Crippen molar-refractivity contribution >= 4 is 11.4 Å². The predicted molar refractivity (Wildman–Crippen MR) is 77.8 cm³/mol. The van der Waals surface area contributed by atoms with Crippen LogP contribution in [-0.4, -0.2) is 16.4 Å². The number of nitrogens with zero attached hydrogens (tertiary/aromatic N) is 2. The SMILES string of the molecule is O=[N+]([O-])CC(Nc1ccccc1)c1ccccc1[N+](=O)[O-]. The monoisotopic (exact) mass is 287 g/mol. The van der Waals surface area contributed by atoms with Crippen LogP contribution in [0.1, 0.15) is 11.6 Å². The van der Waals surface area contributed by atoms with E-state index in [9.17, 15) is 20.2 Å². The molecule has 7 nitrogen and oxygen atoms in total. The van der Waals surface area contributed by atoms with Crippen molar-refractivity contribution in [2.45, 2.75) is 6.04 Å². The molecule has 0 aliphatic carbocycles. The van der Waals surface area contributed by atoms with Crippen molar-refractivity contribution in [1.82, 2.24) is 0 Å². The summed E-state index contributed by atoms with van der Waals surface area (Å²) in [6, 6.07) is 14.1. The molecule has 0 fully saturated rings. The molecule has 7 heteroatoms. The van der Waals surface area contributed by atoms with Gasteiger partial charge in [-0.25, -0.2) is 0 Å². The van der Waals surface area contributed by atoms with Crippen molar-refractivity contribution in [3.05, 3.63) is 80.4 Å². The maximum absolute atomic E-state index is 11.1. The number of nitro groups is 2. The van der Waals surface area contributed by atoms with Gasteiger partial charge in [0.1, 0.15) is 6.04 Å². The Balaban J connectivity index is 2.36. The van der Waals surface area contributed by atoms with Crippen LogP contribution in [0.25, 0.3) is 0 Å². The molecule has 0 radical (unpaired) electrons. The van der Waals surface area contributed by atoms with Crippen LogP contribution in [0.3, 0.4) is 0 Å². The minimum Gasteiger partial charge on any atom is -0.372 e. The molecule has 0 aromatic heterocycles. The average Bonchev–Trinajstić information content (AvgIpc) is 2.47. The summed E-state index contributed by atoms with van der Waals surface area (Å²) >= 11 is 0. The summed E-state index contributed by atoms with van der Waals surface area (Å²) in [4.78, 5) is 20.9. The highest BCUT2D eigenvalue weighted by Gasteiger charge is 2.25. The van der Waals surface area contributed by atoms with Crippen LogP contribution in [0.2, 0.25) is 0 Å². The summed E-state index contributed by atoms with van der Waals surface area (Å²) in [6.45, 7) is -0.445. The van der Waals surface area contributed by atoms with Gasteiger partial charge < -0.3 is 5.32 Å². The van der Waals surface area contributed by atoms with E-state index < -0.39 is 22.4 Å². The molecule has 0 spiro atoms. The molecular formula is C14H13N3O4. The van der Waals surface area contributed by atoms with Crippen LogP contribution >= 0.6 is 0 Å². The molecule has 0 bridgehead atoms. The molecule has 0 saturated carbocycles. The zero-order valence-electron chi connectivity index (χ0n) is 11.0. The highest BCUT2D eigenvalue weighted by atomic mass is 16.6. The Morgan fingerprint density at radius 3 is 2.19 bits per heavy atom. The summed E-state index contributed by atoms with van der Waals surface area (Å²) in [5.74, 6) is 0. The van der Waals surface area contributed by atoms with Gasteiger partial charge in [-0.15, -0.1) is 0 Å². The fraction of sp³-hybridized carbons (Fsp3) is 0.143. The summed E-state index contributed by atoms with van der Waals surface area (Å²) in [7, 11) is 0. The van der Waals surface area contributed by atoms with E-state index in [1.54, 1.807) is 30.3 Å². The van der Waals surface area contributed by atoms with Gasteiger partial charge in [0.05, 0.1) is 10.5 Å². The summed E-state index contributed by atoms with van der Waals surface area (Å²) in [5.41, 5.74) is 0.832. The van der Waals surface area contributed by atoms with Gasteiger partial charge in [-0.1, -0.05) is 30.3 Å². The smallest absolute Gasteiger partial charge is 0.274 e. The third-order valence-corrected chi connectivity index (χ3v) is 2.96. The summed E-state index contributed by atoms with van der Waals surface area (Å²) in [5, 5.41) is 24.9. The third-order valence-electron chi connectivity index (χ3n) is 2.96. The second kappa shape index (κ2) is 6.47. The molecule has 0 amide bonds. The number of para-hydroxylation sites is 2. The fourth-order valence-electron chi connectivity index (χ4n) is 2.05. The lowest BCUT2D eigenvalue weighted by Crippen LogP contribution is -2.21. The molecule has 0 aliphatic rings. The quantitative estimate of drug-likeness (QED) is 0.650. The van der Waals surface area contributed by atoms with Gasteiger partial charge >= 0.3 is 0 Å². The van der Waals surface area contributed by atoms with Crippen LogP contribution in [0.15, 0.2) is 54.6 Å². The average molecular weight is 287 g/mol. The summed E-state index contributed by atoms with van der Waals surface area (Å²) in [6.07, 6.45) is 0. The third kappa shape index (κ3) is 3.75. The van der Waals surface area contributed by atoms with Gasteiger partial charge in [0, 0.05) is 16.7 Å². The zero-order valence-corrected chi connectivity index (χ0v) is 11.0. The van der Waals surface area contributed by atoms with E-state index in [1.807, 2.05) is 6.07 Å². The van der Waals surface area contributed by atoms with E-state index in [0.29, 0.717) is 11.3 Å². The lowest BCUT2D eigenvalue weighted by atomic mass is 10.0. The van der Waals surface area contributed by atoms with Crippen molar-refractivity contribution in [3.8, 4) is 0 Å². The highest BCUT2D eigenvalue weighted by Crippen LogP contribution is 2.27. The van der Waals surface area contributed by atoms with Crippen LogP contribution in [-0.2, 0) is 0 Å². The molecule has 2 aromatic carbocycles. The van der Waals surface area contributed by atoms with Gasteiger partial charge in [-0.2, -0.15) is 0 Å². The van der Waals surface area contributed by atoms with Crippen LogP contribution in [0.5, 0.6) is 0 Å². The van der Waals surface area contributed by atoms with E-state index in [2.05, 4.69) is 5.32 Å². The molecule has 21 heavy (non-hydrogen) atoms. The highest BCUT2D eigenvalue weighted by molar-refractivity contribution is 5.49. The van der Waals surface area contributed by atoms with Gasteiger partial charge in [0.15, 0.2) is 0 Å². The minimum atomic E-state index is -0.774. The number of benzene rings is 2. The number of hydrogen-bond donors (Lipinski definition) is 1. The topological polar surface area (TPSA) is 98.3 Å². The Kier molecular flexibility index (Phi) is 4.45. The summed E-state index contributed by atoms with van der Waals surface area (Å²) < 4.78 is 0. The van der Waals surface area contributed by atoms with E-state index in [0.717, 1.165) is 0 Å². The number of rotatable bonds is 6. The molecule has 108 valence electrons. The van der Waals surface area contributed by atoms with E-state index in [-0.39, 0.29) is 5.69 Å². The van der Waals surface area contributed by atoms with Crippen molar-refractivity contribution in [1.29, 1.82) is 0 Å². The first-order chi connectivity index (χ1) is 10.1. The van der Waals surface area contributed by atoms with Gasteiger partial charge in [-0.3, -0.25) is 20.2 Å². The van der Waals surface area contributed by atoms with Gasteiger partial charge in [-0.05, 0) is 18.2 Å². The fourth-order valence-corrected chi connectivity index (χ4v) is 2.05. The Bertz CT molecular complexity index is 646. The number of nitro benzene ring substituents is 1. The normalized spacial score (nSPS) is 11.6. The molecule has 0 heterocycles. The van der Waals surface area contributed by atoms with Crippen molar-refractivity contribution in [3.63, 3.8) is 0 Å². The van der Waals surface area contributed by atoms with Crippen molar-refractivity contribution < 1.29 is 9.85 Å². The zero-order chi connectivity index (χ0) is 15.2. The van der Waals surface area contributed by atoms with E-state index in [1.165, 1.54) is 18.2 Å². The molecule has 0 aliphatic heterocycles. The van der Waals surface area contributed by atoms with E-state index in [4.69, 9.17) is 0 Å². The second-order valence-electron chi connectivity index (χ2n) is 4.39. The Morgan fingerprint density at radius 2 is 1.57 bits per heavy atom. The van der Waals surface area contributed by atoms with Crippen LogP contribution < -0.4 is 5.32 Å².